The van der Waals surface area contributed by atoms with Crippen LogP contribution in [0.25, 0.3) is 0 Å². The van der Waals surface area contributed by atoms with Crippen LogP contribution in [0.2, 0.25) is 0 Å². The Labute approximate surface area is 112 Å². The fourth-order valence-electron chi connectivity index (χ4n) is 1.43. The van der Waals surface area contributed by atoms with Crippen LogP contribution in [0, 0.1) is 10.1 Å². The first-order valence-corrected chi connectivity index (χ1v) is 5.90. The number of aromatic nitrogens is 1. The molecule has 1 aromatic rings. The summed E-state index contributed by atoms with van der Waals surface area (Å²) < 4.78 is 5.02. The number of pyridine rings is 1. The Morgan fingerprint density at radius 3 is 2.78 bits per heavy atom. The highest BCUT2D eigenvalue weighted by Gasteiger charge is 2.23. The molecule has 0 aliphatic heterocycles. The smallest absolute Gasteiger partial charge is 0.325 e. The van der Waals surface area contributed by atoms with Gasteiger partial charge in [0.25, 0.3) is 0 Å². The highest BCUT2D eigenvalue weighted by molar-refractivity contribution is 9.10. The maximum absolute atomic E-state index is 11.3. The van der Waals surface area contributed by atoms with Gasteiger partial charge in [-0.05, 0) is 22.9 Å². The lowest BCUT2D eigenvalue weighted by atomic mass is 10.3. The molecule has 7 nitrogen and oxygen atoms in total. The van der Waals surface area contributed by atoms with E-state index in [1.54, 1.807) is 11.8 Å². The molecule has 1 aromatic heterocycles. The summed E-state index contributed by atoms with van der Waals surface area (Å²) >= 11 is 3.21. The number of nitro groups is 1. The minimum atomic E-state index is -0.535. The average molecular weight is 318 g/mol. The van der Waals surface area contributed by atoms with Crippen molar-refractivity contribution in [2.45, 2.75) is 6.92 Å². The Balaban J connectivity index is 3.19. The number of rotatable bonds is 5. The van der Waals surface area contributed by atoms with E-state index in [1.807, 2.05) is 0 Å². The minimum absolute atomic E-state index is 0.0591. The fraction of sp³-hybridized carbons (Fsp3) is 0.400. The molecule has 0 unspecified atom stereocenters. The molecule has 0 radical (unpaired) electrons. The molecule has 0 N–H and O–H groups in total. The molecule has 0 spiro atoms. The first-order chi connectivity index (χ1) is 8.51. The first kappa shape index (κ1) is 14.4. The van der Waals surface area contributed by atoms with E-state index in [1.165, 1.54) is 13.3 Å². The summed E-state index contributed by atoms with van der Waals surface area (Å²) in [7, 11) is 1.27. The maximum atomic E-state index is 11.3. The Morgan fingerprint density at radius 2 is 2.28 bits per heavy atom. The van der Waals surface area contributed by atoms with Gasteiger partial charge in [-0.25, -0.2) is 0 Å². The third-order valence-corrected chi connectivity index (χ3v) is 2.88. The lowest BCUT2D eigenvalue weighted by Crippen LogP contribution is -2.31. The molecule has 0 bridgehead atoms. The van der Waals surface area contributed by atoms with Gasteiger partial charge in [-0.2, -0.15) is 0 Å². The lowest BCUT2D eigenvalue weighted by molar-refractivity contribution is -0.384. The summed E-state index contributed by atoms with van der Waals surface area (Å²) in [4.78, 5) is 27.0. The van der Waals surface area contributed by atoms with Crippen molar-refractivity contribution in [2.24, 2.45) is 0 Å². The number of halogens is 1. The largest absolute Gasteiger partial charge is 0.468 e. The van der Waals surface area contributed by atoms with Crippen molar-refractivity contribution >= 4 is 33.3 Å². The summed E-state index contributed by atoms with van der Waals surface area (Å²) in [5, 5.41) is 11.0. The van der Waals surface area contributed by atoms with Crippen molar-refractivity contribution < 1.29 is 14.5 Å². The third-order valence-electron chi connectivity index (χ3n) is 2.30. The van der Waals surface area contributed by atoms with Crippen molar-refractivity contribution in [3.8, 4) is 0 Å². The Kier molecular flexibility index (Phi) is 5.02. The fourth-order valence-corrected chi connectivity index (χ4v) is 2.01. The van der Waals surface area contributed by atoms with Gasteiger partial charge in [0.2, 0.25) is 0 Å². The van der Waals surface area contributed by atoms with E-state index < -0.39 is 10.9 Å². The van der Waals surface area contributed by atoms with E-state index in [0.29, 0.717) is 16.7 Å². The lowest BCUT2D eigenvalue weighted by Gasteiger charge is -2.22. The molecule has 0 aliphatic carbocycles. The van der Waals surface area contributed by atoms with Crippen LogP contribution < -0.4 is 4.90 Å². The molecule has 98 valence electrons. The topological polar surface area (TPSA) is 85.6 Å². The van der Waals surface area contributed by atoms with Crippen molar-refractivity contribution in [1.29, 1.82) is 0 Å². The zero-order valence-corrected chi connectivity index (χ0v) is 11.5. The van der Waals surface area contributed by atoms with E-state index in [4.69, 9.17) is 0 Å². The zero-order chi connectivity index (χ0) is 13.7. The van der Waals surface area contributed by atoms with E-state index in [-0.39, 0.29) is 12.2 Å². The number of ether oxygens (including phenoxy) is 1. The number of esters is 1. The van der Waals surface area contributed by atoms with Gasteiger partial charge >= 0.3 is 11.7 Å². The summed E-state index contributed by atoms with van der Waals surface area (Å²) in [6.45, 7) is 2.16. The van der Waals surface area contributed by atoms with E-state index in [9.17, 15) is 14.9 Å². The van der Waals surface area contributed by atoms with Crippen molar-refractivity contribution in [1.82, 2.24) is 4.98 Å². The van der Waals surface area contributed by atoms with Gasteiger partial charge in [0, 0.05) is 12.7 Å². The Morgan fingerprint density at radius 1 is 1.61 bits per heavy atom. The van der Waals surface area contributed by atoms with Crippen LogP contribution in [0.3, 0.4) is 0 Å². The highest BCUT2D eigenvalue weighted by Crippen LogP contribution is 2.34. The number of methoxy groups -OCH3 is 1. The van der Waals surface area contributed by atoms with E-state index in [0.717, 1.165) is 6.20 Å². The molecule has 1 rings (SSSR count). The van der Waals surface area contributed by atoms with Crippen LogP contribution in [0.5, 0.6) is 0 Å². The van der Waals surface area contributed by atoms with Crippen molar-refractivity contribution in [3.63, 3.8) is 0 Å². The molecule has 0 aromatic carbocycles. The van der Waals surface area contributed by atoms with Crippen LogP contribution in [0.1, 0.15) is 6.92 Å². The number of hydrogen-bond acceptors (Lipinski definition) is 6. The van der Waals surface area contributed by atoms with Crippen LogP contribution >= 0.6 is 15.9 Å². The average Bonchev–Trinajstić information content (AvgIpc) is 2.35. The molecule has 18 heavy (non-hydrogen) atoms. The quantitative estimate of drug-likeness (QED) is 0.467. The van der Waals surface area contributed by atoms with Crippen molar-refractivity contribution in [2.75, 3.05) is 25.1 Å². The van der Waals surface area contributed by atoms with Crippen LogP contribution in [-0.2, 0) is 9.53 Å². The molecular weight excluding hydrogens is 306 g/mol. The summed E-state index contributed by atoms with van der Waals surface area (Å²) in [6.07, 6.45) is 2.60. The second-order valence-corrected chi connectivity index (χ2v) is 4.19. The second-order valence-electron chi connectivity index (χ2n) is 3.34. The summed E-state index contributed by atoms with van der Waals surface area (Å²) in [5.74, 6) is -0.463. The zero-order valence-electron chi connectivity index (χ0n) is 9.92. The second kappa shape index (κ2) is 6.29. The van der Waals surface area contributed by atoms with Gasteiger partial charge in [0.1, 0.15) is 18.4 Å². The molecular formula is C10H12BrN3O4. The number of nitrogens with zero attached hydrogens (tertiary/aromatic N) is 3. The minimum Gasteiger partial charge on any atom is -0.468 e. The van der Waals surface area contributed by atoms with Crippen LogP contribution in [0.15, 0.2) is 16.9 Å². The molecule has 0 saturated heterocycles. The van der Waals surface area contributed by atoms with E-state index in [2.05, 4.69) is 25.7 Å². The molecule has 1 heterocycles. The molecule has 0 aliphatic rings. The van der Waals surface area contributed by atoms with Gasteiger partial charge in [0.05, 0.1) is 16.5 Å². The van der Waals surface area contributed by atoms with Crippen LogP contribution in [-0.4, -0.2) is 36.1 Å². The number of carbonyl (C=O) groups excluding carboxylic acids is 1. The van der Waals surface area contributed by atoms with Gasteiger partial charge in [0.15, 0.2) is 0 Å². The Hall–Kier alpha value is -1.70. The SMILES string of the molecule is CCN(CC(=O)OC)c1c(Br)cncc1[N+](=O)[O-]. The molecule has 0 fully saturated rings. The van der Waals surface area contributed by atoms with Crippen LogP contribution in [0.4, 0.5) is 11.4 Å². The predicted octanol–water partition coefficient (Wildman–Crippen LogP) is 1.75. The monoisotopic (exact) mass is 317 g/mol. The molecule has 0 amide bonds. The van der Waals surface area contributed by atoms with Gasteiger partial charge < -0.3 is 9.64 Å². The standard InChI is InChI=1S/C10H12BrN3O4/c1-3-13(6-9(15)18-2)10-7(11)4-12-5-8(10)14(16)17/h4-5H,3,6H2,1-2H3. The first-order valence-electron chi connectivity index (χ1n) is 5.10. The van der Waals surface area contributed by atoms with Gasteiger partial charge in [-0.1, -0.05) is 0 Å². The predicted molar refractivity (Wildman–Crippen MR) is 68.5 cm³/mol. The normalized spacial score (nSPS) is 9.94. The maximum Gasteiger partial charge on any atom is 0.325 e. The van der Waals surface area contributed by atoms with E-state index >= 15 is 0 Å². The number of hydrogen-bond donors (Lipinski definition) is 0. The van der Waals surface area contributed by atoms with Gasteiger partial charge in [-0.3, -0.25) is 19.9 Å². The third kappa shape index (κ3) is 3.16. The van der Waals surface area contributed by atoms with Crippen molar-refractivity contribution in [3.05, 3.63) is 27.0 Å². The number of likely N-dealkylation sites (N-methyl/N-ethyl adjacent to an activating group) is 1. The highest BCUT2D eigenvalue weighted by atomic mass is 79.9. The molecule has 0 atom stereocenters. The van der Waals surface area contributed by atoms with Gasteiger partial charge in [-0.15, -0.1) is 0 Å². The number of anilines is 1. The molecule has 0 saturated carbocycles. The summed E-state index contributed by atoms with van der Waals surface area (Å²) in [5.41, 5.74) is 0.165. The number of carbonyl (C=O) groups is 1. The summed E-state index contributed by atoms with van der Waals surface area (Å²) in [6, 6.07) is 0. The molecule has 8 heteroatoms. The Bertz CT molecular complexity index is 466.